The van der Waals surface area contributed by atoms with Gasteiger partial charge < -0.3 is 15.5 Å². The van der Waals surface area contributed by atoms with Crippen LogP contribution in [0.4, 0.5) is 11.6 Å². The van der Waals surface area contributed by atoms with Crippen molar-refractivity contribution in [1.82, 2.24) is 15.3 Å². The van der Waals surface area contributed by atoms with Gasteiger partial charge in [-0.25, -0.2) is 9.97 Å². The van der Waals surface area contributed by atoms with Crippen molar-refractivity contribution in [2.24, 2.45) is 0 Å². The van der Waals surface area contributed by atoms with Crippen molar-refractivity contribution in [3.8, 4) is 0 Å². The topological polar surface area (TPSA) is 70.2 Å². The SMILES string of the molecule is CCNc1cc(N2CCNC(=O)C2C)nc(C(C)(C)C)n1. The predicted octanol–water partition coefficient (Wildman–Crippen LogP) is 1.53. The summed E-state index contributed by atoms with van der Waals surface area (Å²) in [5.74, 6) is 2.45. The highest BCUT2D eigenvalue weighted by atomic mass is 16.2. The van der Waals surface area contributed by atoms with Crippen molar-refractivity contribution in [3.05, 3.63) is 11.9 Å². The number of nitrogens with one attached hydrogen (secondary N) is 2. The van der Waals surface area contributed by atoms with E-state index in [0.717, 1.165) is 30.5 Å². The van der Waals surface area contributed by atoms with Crippen LogP contribution in [0.1, 0.15) is 40.4 Å². The molecule has 2 rings (SSSR count). The van der Waals surface area contributed by atoms with Gasteiger partial charge in [-0.1, -0.05) is 20.8 Å². The Balaban J connectivity index is 2.42. The van der Waals surface area contributed by atoms with Gasteiger partial charge in [-0.3, -0.25) is 4.79 Å². The summed E-state index contributed by atoms with van der Waals surface area (Å²) in [6, 6.07) is 1.71. The Kier molecular flexibility index (Phi) is 4.34. The van der Waals surface area contributed by atoms with E-state index < -0.39 is 0 Å². The molecule has 1 aromatic rings. The van der Waals surface area contributed by atoms with Crippen LogP contribution in [0.2, 0.25) is 0 Å². The van der Waals surface area contributed by atoms with Gasteiger partial charge in [0.05, 0.1) is 0 Å². The molecule has 1 amide bonds. The number of aromatic nitrogens is 2. The number of rotatable bonds is 3. The minimum absolute atomic E-state index is 0.0437. The molecule has 6 heteroatoms. The van der Waals surface area contributed by atoms with Crippen LogP contribution in [0.25, 0.3) is 0 Å². The van der Waals surface area contributed by atoms with Gasteiger partial charge in [0.2, 0.25) is 5.91 Å². The van der Waals surface area contributed by atoms with Crippen molar-refractivity contribution in [2.75, 3.05) is 29.9 Å². The first-order valence-electron chi connectivity index (χ1n) is 7.50. The largest absolute Gasteiger partial charge is 0.370 e. The lowest BCUT2D eigenvalue weighted by Crippen LogP contribution is -2.54. The zero-order chi connectivity index (χ0) is 15.6. The number of amides is 1. The molecule has 1 aliphatic rings. The third kappa shape index (κ3) is 3.43. The van der Waals surface area contributed by atoms with Crippen molar-refractivity contribution in [2.45, 2.75) is 46.1 Å². The second-order valence-electron chi connectivity index (χ2n) is 6.38. The highest BCUT2D eigenvalue weighted by molar-refractivity contribution is 5.85. The fraction of sp³-hybridized carbons (Fsp3) is 0.667. The van der Waals surface area contributed by atoms with Crippen LogP contribution in [0.5, 0.6) is 0 Å². The molecule has 1 atom stereocenters. The van der Waals surface area contributed by atoms with Crippen LogP contribution >= 0.6 is 0 Å². The molecule has 21 heavy (non-hydrogen) atoms. The van der Waals surface area contributed by atoms with E-state index in [0.29, 0.717) is 6.54 Å². The lowest BCUT2D eigenvalue weighted by atomic mass is 9.95. The van der Waals surface area contributed by atoms with Crippen LogP contribution in [0.15, 0.2) is 6.07 Å². The summed E-state index contributed by atoms with van der Waals surface area (Å²) in [6.07, 6.45) is 0. The smallest absolute Gasteiger partial charge is 0.242 e. The maximum absolute atomic E-state index is 11.9. The lowest BCUT2D eigenvalue weighted by molar-refractivity contribution is -0.122. The van der Waals surface area contributed by atoms with Crippen molar-refractivity contribution in [1.29, 1.82) is 0 Å². The van der Waals surface area contributed by atoms with Gasteiger partial charge in [-0.2, -0.15) is 0 Å². The number of nitrogens with zero attached hydrogens (tertiary/aromatic N) is 3. The summed E-state index contributed by atoms with van der Waals surface area (Å²) in [4.78, 5) is 23.2. The Morgan fingerprint density at radius 3 is 2.76 bits per heavy atom. The Morgan fingerprint density at radius 1 is 1.43 bits per heavy atom. The first-order chi connectivity index (χ1) is 9.82. The van der Waals surface area contributed by atoms with Gasteiger partial charge in [0.15, 0.2) is 0 Å². The molecule has 2 heterocycles. The molecule has 0 bridgehead atoms. The monoisotopic (exact) mass is 291 g/mol. The van der Waals surface area contributed by atoms with E-state index in [1.807, 2.05) is 24.8 Å². The molecule has 0 radical (unpaired) electrons. The van der Waals surface area contributed by atoms with Crippen molar-refractivity contribution < 1.29 is 4.79 Å². The van der Waals surface area contributed by atoms with Gasteiger partial charge in [-0.15, -0.1) is 0 Å². The highest BCUT2D eigenvalue weighted by Gasteiger charge is 2.28. The molecule has 116 valence electrons. The zero-order valence-corrected chi connectivity index (χ0v) is 13.5. The molecule has 0 saturated carbocycles. The Morgan fingerprint density at radius 2 is 2.14 bits per heavy atom. The summed E-state index contributed by atoms with van der Waals surface area (Å²) in [7, 11) is 0. The summed E-state index contributed by atoms with van der Waals surface area (Å²) in [5.41, 5.74) is -0.137. The Bertz CT molecular complexity index is 523. The molecule has 0 aromatic carbocycles. The molecule has 1 saturated heterocycles. The fourth-order valence-electron chi connectivity index (χ4n) is 2.28. The number of carbonyl (C=O) groups excluding carboxylic acids is 1. The Labute approximate surface area is 126 Å². The molecule has 0 aliphatic carbocycles. The fourth-order valence-corrected chi connectivity index (χ4v) is 2.28. The average Bonchev–Trinajstić information content (AvgIpc) is 2.41. The number of hydrogen-bond donors (Lipinski definition) is 2. The van der Waals surface area contributed by atoms with Gasteiger partial charge in [0.1, 0.15) is 23.5 Å². The summed E-state index contributed by atoms with van der Waals surface area (Å²) in [5, 5.41) is 6.12. The molecule has 0 spiro atoms. The number of carbonyl (C=O) groups is 1. The molecule has 1 unspecified atom stereocenters. The standard InChI is InChI=1S/C15H25N5O/c1-6-16-11-9-12(19-14(18-11)15(3,4)5)20-8-7-17-13(21)10(20)2/h9-10H,6-8H2,1-5H3,(H,17,21)(H,16,18,19). The highest BCUT2D eigenvalue weighted by Crippen LogP contribution is 2.25. The molecular formula is C15H25N5O. The van der Waals surface area contributed by atoms with E-state index in [1.165, 1.54) is 0 Å². The van der Waals surface area contributed by atoms with E-state index in [-0.39, 0.29) is 17.4 Å². The van der Waals surface area contributed by atoms with Crippen LogP contribution in [0, 0.1) is 0 Å². The maximum Gasteiger partial charge on any atom is 0.242 e. The minimum atomic E-state index is -0.212. The molecular weight excluding hydrogens is 266 g/mol. The number of anilines is 2. The molecule has 6 nitrogen and oxygen atoms in total. The first-order valence-corrected chi connectivity index (χ1v) is 7.50. The van der Waals surface area contributed by atoms with Crippen LogP contribution < -0.4 is 15.5 Å². The third-order valence-electron chi connectivity index (χ3n) is 3.53. The second-order valence-corrected chi connectivity index (χ2v) is 6.38. The van der Waals surface area contributed by atoms with Crippen LogP contribution in [0.3, 0.4) is 0 Å². The van der Waals surface area contributed by atoms with Gasteiger partial charge in [0, 0.05) is 31.1 Å². The van der Waals surface area contributed by atoms with Gasteiger partial charge in [0.25, 0.3) is 0 Å². The summed E-state index contributed by atoms with van der Waals surface area (Å²) >= 11 is 0. The first kappa shape index (κ1) is 15.5. The third-order valence-corrected chi connectivity index (χ3v) is 3.53. The summed E-state index contributed by atoms with van der Waals surface area (Å²) in [6.45, 7) is 12.4. The predicted molar refractivity (Wildman–Crippen MR) is 84.7 cm³/mol. The van der Waals surface area contributed by atoms with E-state index in [4.69, 9.17) is 4.98 Å². The Hall–Kier alpha value is -1.85. The minimum Gasteiger partial charge on any atom is -0.370 e. The maximum atomic E-state index is 11.9. The van der Waals surface area contributed by atoms with Crippen LogP contribution in [-0.4, -0.2) is 41.6 Å². The number of hydrogen-bond acceptors (Lipinski definition) is 5. The van der Waals surface area contributed by atoms with Crippen LogP contribution in [-0.2, 0) is 10.2 Å². The zero-order valence-electron chi connectivity index (χ0n) is 13.5. The van der Waals surface area contributed by atoms with E-state index in [9.17, 15) is 4.79 Å². The normalized spacial score (nSPS) is 19.4. The average molecular weight is 291 g/mol. The quantitative estimate of drug-likeness (QED) is 0.884. The van der Waals surface area contributed by atoms with Crippen molar-refractivity contribution in [3.63, 3.8) is 0 Å². The van der Waals surface area contributed by atoms with Gasteiger partial charge >= 0.3 is 0 Å². The van der Waals surface area contributed by atoms with Crippen molar-refractivity contribution >= 4 is 17.5 Å². The number of piperazine rings is 1. The second kappa shape index (κ2) is 5.87. The van der Waals surface area contributed by atoms with E-state index >= 15 is 0 Å². The van der Waals surface area contributed by atoms with E-state index in [2.05, 4.69) is 36.4 Å². The molecule has 1 fully saturated rings. The lowest BCUT2D eigenvalue weighted by Gasteiger charge is -2.34. The van der Waals surface area contributed by atoms with Gasteiger partial charge in [-0.05, 0) is 13.8 Å². The molecule has 1 aromatic heterocycles. The van der Waals surface area contributed by atoms with E-state index in [1.54, 1.807) is 0 Å². The molecule has 2 N–H and O–H groups in total. The summed E-state index contributed by atoms with van der Waals surface area (Å²) < 4.78 is 0. The molecule has 1 aliphatic heterocycles.